The van der Waals surface area contributed by atoms with E-state index < -0.39 is 0 Å². The fourth-order valence-corrected chi connectivity index (χ4v) is 4.81. The molecular weight excluding hydrogens is 365 g/mol. The van der Waals surface area contributed by atoms with Crippen molar-refractivity contribution in [3.05, 3.63) is 68.3 Å². The highest BCUT2D eigenvalue weighted by Crippen LogP contribution is 2.36. The third kappa shape index (κ3) is 3.68. The second kappa shape index (κ2) is 7.38. The predicted molar refractivity (Wildman–Crippen MR) is 106 cm³/mol. The molecule has 0 amide bonds. The number of hydrogen-bond acceptors (Lipinski definition) is 3. The lowest BCUT2D eigenvalue weighted by Gasteiger charge is -2.43. The van der Waals surface area contributed by atoms with Crippen LogP contribution >= 0.6 is 11.6 Å². The molecule has 1 saturated heterocycles. The number of hydrogen-bond donors (Lipinski definition) is 0. The van der Waals surface area contributed by atoms with Gasteiger partial charge in [0.1, 0.15) is 5.82 Å². The normalized spacial score (nSPS) is 22.1. The molecule has 1 aromatic carbocycles. The molecule has 2 aliphatic heterocycles. The predicted octanol–water partition coefficient (Wildman–Crippen LogP) is 3.32. The first kappa shape index (κ1) is 18.7. The molecule has 4 nitrogen and oxygen atoms in total. The van der Waals surface area contributed by atoms with Crippen molar-refractivity contribution in [2.75, 3.05) is 27.2 Å². The van der Waals surface area contributed by atoms with Gasteiger partial charge in [0.2, 0.25) is 0 Å². The van der Waals surface area contributed by atoms with Gasteiger partial charge in [0.15, 0.2) is 0 Å². The van der Waals surface area contributed by atoms with Gasteiger partial charge in [0.25, 0.3) is 5.56 Å². The van der Waals surface area contributed by atoms with Gasteiger partial charge < -0.3 is 9.47 Å². The number of nitrogens with zero attached hydrogens (tertiary/aromatic N) is 3. The van der Waals surface area contributed by atoms with Crippen molar-refractivity contribution >= 4 is 11.6 Å². The zero-order valence-corrected chi connectivity index (χ0v) is 16.5. The molecule has 0 N–H and O–H groups in total. The van der Waals surface area contributed by atoms with E-state index in [1.54, 1.807) is 12.1 Å². The van der Waals surface area contributed by atoms with Gasteiger partial charge >= 0.3 is 0 Å². The number of fused-ring (bicyclic) bond motifs is 4. The van der Waals surface area contributed by atoms with Gasteiger partial charge in [-0.3, -0.25) is 9.69 Å². The van der Waals surface area contributed by atoms with Crippen LogP contribution in [0.5, 0.6) is 0 Å². The largest absolute Gasteiger partial charge is 0.312 e. The molecule has 2 aromatic rings. The molecule has 0 aliphatic carbocycles. The smallest absolute Gasteiger partial charge is 0.255 e. The summed E-state index contributed by atoms with van der Waals surface area (Å²) < 4.78 is 16.2. The molecule has 0 saturated carbocycles. The zero-order chi connectivity index (χ0) is 19.1. The topological polar surface area (TPSA) is 28.5 Å². The summed E-state index contributed by atoms with van der Waals surface area (Å²) in [7, 11) is 3.95. The van der Waals surface area contributed by atoms with Crippen LogP contribution in [0.3, 0.4) is 0 Å². The Hall–Kier alpha value is -1.69. The summed E-state index contributed by atoms with van der Waals surface area (Å²) in [6.45, 7) is 3.61. The van der Waals surface area contributed by atoms with E-state index in [0.29, 0.717) is 35.5 Å². The minimum atomic E-state index is -0.247. The molecule has 0 radical (unpaired) electrons. The molecule has 3 heterocycles. The Morgan fingerprint density at radius 2 is 2.00 bits per heavy atom. The number of halogens is 2. The summed E-state index contributed by atoms with van der Waals surface area (Å²) in [4.78, 5) is 17.2. The molecule has 0 unspecified atom stereocenters. The highest BCUT2D eigenvalue weighted by atomic mass is 35.5. The fraction of sp³-hybridized carbons (Fsp3) is 0.476. The molecule has 4 rings (SSSR count). The van der Waals surface area contributed by atoms with E-state index in [4.69, 9.17) is 11.6 Å². The fourth-order valence-electron chi connectivity index (χ4n) is 4.59. The molecule has 2 bridgehead atoms. The zero-order valence-electron chi connectivity index (χ0n) is 15.8. The van der Waals surface area contributed by atoms with E-state index >= 15 is 0 Å². The lowest BCUT2D eigenvalue weighted by Crippen LogP contribution is -2.47. The molecule has 2 atom stereocenters. The number of rotatable bonds is 4. The van der Waals surface area contributed by atoms with Crippen molar-refractivity contribution in [1.29, 1.82) is 0 Å². The van der Waals surface area contributed by atoms with Gasteiger partial charge in [-0.15, -0.1) is 0 Å². The second-order valence-electron chi connectivity index (χ2n) is 8.13. The first-order valence-electron chi connectivity index (χ1n) is 9.45. The number of likely N-dealkylation sites (tertiary alicyclic amines) is 1. The van der Waals surface area contributed by atoms with Gasteiger partial charge in [-0.2, -0.15) is 0 Å². The lowest BCUT2D eigenvalue weighted by molar-refractivity contribution is 0.113. The van der Waals surface area contributed by atoms with Crippen LogP contribution < -0.4 is 5.56 Å². The summed E-state index contributed by atoms with van der Waals surface area (Å²) in [6, 6.07) is 8.93. The first-order chi connectivity index (χ1) is 12.9. The SMILES string of the molecule is CN(C)Cc1ccc2n(c1=O)C[C@H]1C[C@@H]2CN(Cc2c(F)cccc2Cl)C1. The Morgan fingerprint density at radius 1 is 1.19 bits per heavy atom. The maximum absolute atomic E-state index is 14.2. The third-order valence-corrected chi connectivity index (χ3v) is 6.04. The molecule has 1 aromatic heterocycles. The van der Waals surface area contributed by atoms with Crippen molar-refractivity contribution in [3.8, 4) is 0 Å². The third-order valence-electron chi connectivity index (χ3n) is 5.69. The van der Waals surface area contributed by atoms with Crippen LogP contribution in [0, 0.1) is 11.7 Å². The number of piperidine rings is 1. The summed E-state index contributed by atoms with van der Waals surface area (Å²) in [5.74, 6) is 0.474. The lowest BCUT2D eigenvalue weighted by atomic mass is 9.82. The average molecular weight is 390 g/mol. The molecule has 144 valence electrons. The molecule has 2 aliphatic rings. The molecular formula is C21H25ClFN3O. The summed E-state index contributed by atoms with van der Waals surface area (Å²) in [5.41, 5.74) is 2.67. The van der Waals surface area contributed by atoms with Crippen molar-refractivity contribution in [2.24, 2.45) is 5.92 Å². The Kier molecular flexibility index (Phi) is 5.10. The minimum absolute atomic E-state index is 0.140. The maximum Gasteiger partial charge on any atom is 0.255 e. The van der Waals surface area contributed by atoms with Crippen LogP contribution in [0.2, 0.25) is 5.02 Å². The Bertz CT molecular complexity index is 891. The number of aromatic nitrogens is 1. The second-order valence-corrected chi connectivity index (χ2v) is 8.54. The number of pyridine rings is 1. The highest BCUT2D eigenvalue weighted by molar-refractivity contribution is 6.31. The van der Waals surface area contributed by atoms with Crippen LogP contribution in [0.4, 0.5) is 4.39 Å². The van der Waals surface area contributed by atoms with Gasteiger partial charge in [-0.1, -0.05) is 23.7 Å². The molecule has 0 spiro atoms. The van der Waals surface area contributed by atoms with Gasteiger partial charge in [0.05, 0.1) is 0 Å². The van der Waals surface area contributed by atoms with Crippen molar-refractivity contribution in [2.45, 2.75) is 32.0 Å². The molecule has 1 fully saturated rings. The Morgan fingerprint density at radius 3 is 2.74 bits per heavy atom. The average Bonchev–Trinajstić information content (AvgIpc) is 2.61. The van der Waals surface area contributed by atoms with Crippen LogP contribution in [0.25, 0.3) is 0 Å². The van der Waals surface area contributed by atoms with Gasteiger partial charge in [0, 0.05) is 60.5 Å². The Labute approximate surface area is 164 Å². The van der Waals surface area contributed by atoms with E-state index in [1.807, 2.05) is 29.6 Å². The van der Waals surface area contributed by atoms with E-state index in [2.05, 4.69) is 11.0 Å². The highest BCUT2D eigenvalue weighted by Gasteiger charge is 2.35. The van der Waals surface area contributed by atoms with Crippen LogP contribution in [0.1, 0.15) is 29.2 Å². The maximum atomic E-state index is 14.2. The summed E-state index contributed by atoms with van der Waals surface area (Å²) in [5, 5.41) is 0.482. The summed E-state index contributed by atoms with van der Waals surface area (Å²) >= 11 is 6.21. The Balaban J connectivity index is 1.58. The molecule has 6 heteroatoms. The van der Waals surface area contributed by atoms with Crippen LogP contribution in [-0.4, -0.2) is 41.6 Å². The van der Waals surface area contributed by atoms with Crippen LogP contribution in [0.15, 0.2) is 35.1 Å². The quantitative estimate of drug-likeness (QED) is 0.803. The van der Waals surface area contributed by atoms with Gasteiger partial charge in [-0.05, 0) is 44.6 Å². The first-order valence-corrected chi connectivity index (χ1v) is 9.82. The number of benzene rings is 1. The van der Waals surface area contributed by atoms with E-state index in [1.165, 1.54) is 6.07 Å². The van der Waals surface area contributed by atoms with Crippen LogP contribution in [-0.2, 0) is 19.6 Å². The van der Waals surface area contributed by atoms with E-state index in [0.717, 1.165) is 37.3 Å². The van der Waals surface area contributed by atoms with Crippen molar-refractivity contribution in [3.63, 3.8) is 0 Å². The van der Waals surface area contributed by atoms with Crippen molar-refractivity contribution < 1.29 is 4.39 Å². The van der Waals surface area contributed by atoms with Gasteiger partial charge in [-0.25, -0.2) is 4.39 Å². The standard InChI is InChI=1S/C21H25ClFN3O/c1-24(2)11-15-6-7-20-16-8-14(10-26(20)21(15)27)9-25(12-16)13-17-18(22)4-3-5-19(17)23/h3-7,14,16H,8-13H2,1-2H3/t14-,16+/m0/s1. The van der Waals surface area contributed by atoms with E-state index in [-0.39, 0.29) is 11.4 Å². The summed E-state index contributed by atoms with van der Waals surface area (Å²) in [6.07, 6.45) is 1.09. The van der Waals surface area contributed by atoms with Crippen molar-refractivity contribution in [1.82, 2.24) is 14.4 Å². The monoisotopic (exact) mass is 389 g/mol. The molecule has 27 heavy (non-hydrogen) atoms. The van der Waals surface area contributed by atoms with E-state index in [9.17, 15) is 9.18 Å². The minimum Gasteiger partial charge on any atom is -0.312 e.